The SMILES string of the molecule is CC(C)c1ccc([C@](O)(c2cncc(CCC3(O)C=CN=C3)c2)C2(C)CN(C)C2)cc1. The van der Waals surface area contributed by atoms with Gasteiger partial charge in [0, 0.05) is 48.9 Å². The summed E-state index contributed by atoms with van der Waals surface area (Å²) in [5.41, 5.74) is 1.49. The summed E-state index contributed by atoms with van der Waals surface area (Å²) in [6, 6.07) is 10.4. The van der Waals surface area contributed by atoms with Crippen LogP contribution in [-0.2, 0) is 12.0 Å². The Morgan fingerprint density at radius 2 is 1.84 bits per heavy atom. The molecular formula is C26H33N3O2. The fraction of sp³-hybridized carbons (Fsp3) is 0.462. The largest absolute Gasteiger partial charge is 0.380 e. The molecule has 31 heavy (non-hydrogen) atoms. The van der Waals surface area contributed by atoms with E-state index in [1.54, 1.807) is 24.7 Å². The minimum absolute atomic E-state index is 0.319. The number of aliphatic imine (C=N–C) groups is 1. The maximum absolute atomic E-state index is 12.3. The smallest absolute Gasteiger partial charge is 0.124 e. The highest BCUT2D eigenvalue weighted by atomic mass is 16.3. The lowest BCUT2D eigenvalue weighted by atomic mass is 9.62. The van der Waals surface area contributed by atoms with Gasteiger partial charge in [0.15, 0.2) is 0 Å². The van der Waals surface area contributed by atoms with Crippen molar-refractivity contribution >= 4 is 6.21 Å². The number of aryl methyl sites for hydroxylation is 1. The Morgan fingerprint density at radius 3 is 2.42 bits per heavy atom. The molecule has 1 fully saturated rings. The molecule has 0 amide bonds. The highest BCUT2D eigenvalue weighted by Crippen LogP contribution is 2.50. The molecule has 4 rings (SSSR count). The van der Waals surface area contributed by atoms with E-state index >= 15 is 0 Å². The van der Waals surface area contributed by atoms with Gasteiger partial charge in [0.05, 0.1) is 0 Å². The van der Waals surface area contributed by atoms with E-state index in [1.807, 2.05) is 12.3 Å². The molecule has 2 aromatic rings. The Labute approximate surface area is 185 Å². The molecule has 0 spiro atoms. The van der Waals surface area contributed by atoms with Crippen LogP contribution in [0, 0.1) is 5.41 Å². The lowest BCUT2D eigenvalue weighted by Gasteiger charge is -2.56. The highest BCUT2D eigenvalue weighted by Gasteiger charge is 2.55. The average Bonchev–Trinajstić information content (AvgIpc) is 3.17. The number of likely N-dealkylation sites (tertiary alicyclic amines) is 1. The molecule has 2 atom stereocenters. The summed E-state index contributed by atoms with van der Waals surface area (Å²) in [6.45, 7) is 8.11. The quantitative estimate of drug-likeness (QED) is 0.719. The summed E-state index contributed by atoms with van der Waals surface area (Å²) in [6.07, 6.45) is 9.69. The van der Waals surface area contributed by atoms with Crippen molar-refractivity contribution in [2.24, 2.45) is 10.4 Å². The van der Waals surface area contributed by atoms with Crippen molar-refractivity contribution in [2.45, 2.75) is 50.7 Å². The predicted molar refractivity (Wildman–Crippen MR) is 124 cm³/mol. The molecule has 0 radical (unpaired) electrons. The van der Waals surface area contributed by atoms with Crippen molar-refractivity contribution in [1.82, 2.24) is 9.88 Å². The second-order valence-corrected chi connectivity index (χ2v) is 9.89. The number of aromatic nitrogens is 1. The second kappa shape index (κ2) is 7.97. The minimum atomic E-state index is -1.15. The third kappa shape index (κ3) is 3.98. The number of hydrogen-bond acceptors (Lipinski definition) is 5. The molecule has 5 nitrogen and oxygen atoms in total. The van der Waals surface area contributed by atoms with Crippen molar-refractivity contribution in [2.75, 3.05) is 20.1 Å². The third-order valence-corrected chi connectivity index (χ3v) is 6.88. The predicted octanol–water partition coefficient (Wildman–Crippen LogP) is 3.65. The van der Waals surface area contributed by atoms with E-state index in [0.717, 1.165) is 29.8 Å². The second-order valence-electron chi connectivity index (χ2n) is 9.89. The zero-order valence-electron chi connectivity index (χ0n) is 18.9. The Bertz CT molecular complexity index is 978. The topological polar surface area (TPSA) is 69.0 Å². The zero-order chi connectivity index (χ0) is 22.3. The molecule has 2 N–H and O–H groups in total. The van der Waals surface area contributed by atoms with Gasteiger partial charge < -0.3 is 15.1 Å². The van der Waals surface area contributed by atoms with Crippen molar-refractivity contribution in [3.8, 4) is 0 Å². The van der Waals surface area contributed by atoms with Crippen LogP contribution in [0.25, 0.3) is 0 Å². The fourth-order valence-electron chi connectivity index (χ4n) is 5.05. The number of rotatable bonds is 7. The van der Waals surface area contributed by atoms with Crippen LogP contribution < -0.4 is 0 Å². The number of hydrogen-bond donors (Lipinski definition) is 2. The van der Waals surface area contributed by atoms with Gasteiger partial charge in [0.1, 0.15) is 11.2 Å². The van der Waals surface area contributed by atoms with Crippen molar-refractivity contribution in [3.63, 3.8) is 0 Å². The van der Waals surface area contributed by atoms with Crippen LogP contribution in [0.1, 0.15) is 55.4 Å². The van der Waals surface area contributed by atoms with Crippen LogP contribution in [-0.4, -0.2) is 52.0 Å². The first kappa shape index (κ1) is 21.9. The van der Waals surface area contributed by atoms with Crippen LogP contribution >= 0.6 is 0 Å². The van der Waals surface area contributed by atoms with E-state index in [2.05, 4.69) is 67.0 Å². The van der Waals surface area contributed by atoms with E-state index in [0.29, 0.717) is 18.8 Å². The molecule has 1 aromatic heterocycles. The lowest BCUT2D eigenvalue weighted by Crippen LogP contribution is -2.63. The molecule has 3 heterocycles. The van der Waals surface area contributed by atoms with Crippen molar-refractivity contribution in [3.05, 3.63) is 77.3 Å². The summed E-state index contributed by atoms with van der Waals surface area (Å²) in [5.74, 6) is 0.441. The maximum atomic E-state index is 12.3. The molecule has 0 bridgehead atoms. The maximum Gasteiger partial charge on any atom is 0.124 e. The van der Waals surface area contributed by atoms with Gasteiger partial charge in [0.2, 0.25) is 0 Å². The lowest BCUT2D eigenvalue weighted by molar-refractivity contribution is -0.127. The summed E-state index contributed by atoms with van der Waals surface area (Å²) in [5, 5.41) is 22.8. The van der Waals surface area contributed by atoms with Crippen molar-refractivity contribution < 1.29 is 10.2 Å². The van der Waals surface area contributed by atoms with Gasteiger partial charge in [-0.05, 0) is 54.6 Å². The normalized spacial score (nSPS) is 24.4. The number of benzene rings is 1. The molecule has 2 aliphatic rings. The molecule has 164 valence electrons. The first-order chi connectivity index (χ1) is 14.7. The van der Waals surface area contributed by atoms with E-state index < -0.39 is 11.2 Å². The molecule has 5 heteroatoms. The van der Waals surface area contributed by atoms with E-state index in [-0.39, 0.29) is 5.41 Å². The third-order valence-electron chi connectivity index (χ3n) is 6.88. The Hall–Kier alpha value is -2.34. The summed E-state index contributed by atoms with van der Waals surface area (Å²) < 4.78 is 0. The molecule has 0 aliphatic carbocycles. The standard InChI is InChI=1S/C26H33N3O2/c1-19(2)21-5-7-22(8-6-21)26(31,24(3)17-29(4)18-24)23-13-20(14-28-15-23)9-10-25(30)11-12-27-16-25/h5-8,11-16,19,30-31H,9-10,17-18H2,1-4H3/t25?,26-/m0/s1. The Kier molecular flexibility index (Phi) is 5.63. The first-order valence-corrected chi connectivity index (χ1v) is 11.1. The number of pyridine rings is 1. The summed E-state index contributed by atoms with van der Waals surface area (Å²) >= 11 is 0. The minimum Gasteiger partial charge on any atom is -0.380 e. The molecule has 1 aromatic carbocycles. The summed E-state index contributed by atoms with van der Waals surface area (Å²) in [7, 11) is 2.08. The Morgan fingerprint density at radius 1 is 1.13 bits per heavy atom. The molecule has 2 aliphatic heterocycles. The van der Waals surface area contributed by atoms with Gasteiger partial charge in [-0.3, -0.25) is 9.98 Å². The fourth-order valence-corrected chi connectivity index (χ4v) is 5.05. The van der Waals surface area contributed by atoms with Crippen LogP contribution in [0.2, 0.25) is 0 Å². The van der Waals surface area contributed by atoms with Gasteiger partial charge in [-0.2, -0.15) is 0 Å². The van der Waals surface area contributed by atoms with Gasteiger partial charge >= 0.3 is 0 Å². The van der Waals surface area contributed by atoms with Gasteiger partial charge in [-0.1, -0.05) is 45.0 Å². The van der Waals surface area contributed by atoms with Gasteiger partial charge in [-0.15, -0.1) is 0 Å². The van der Waals surface area contributed by atoms with E-state index in [4.69, 9.17) is 0 Å². The van der Waals surface area contributed by atoms with Crippen LogP contribution in [0.5, 0.6) is 0 Å². The zero-order valence-corrected chi connectivity index (χ0v) is 18.9. The van der Waals surface area contributed by atoms with Crippen LogP contribution in [0.4, 0.5) is 0 Å². The van der Waals surface area contributed by atoms with E-state index in [1.165, 1.54) is 5.56 Å². The van der Waals surface area contributed by atoms with Crippen LogP contribution in [0.15, 0.2) is 60.0 Å². The molecule has 1 saturated heterocycles. The van der Waals surface area contributed by atoms with Gasteiger partial charge in [0.25, 0.3) is 0 Å². The van der Waals surface area contributed by atoms with Crippen molar-refractivity contribution in [1.29, 1.82) is 0 Å². The molecule has 0 saturated carbocycles. The summed E-state index contributed by atoms with van der Waals surface area (Å²) in [4.78, 5) is 10.7. The number of nitrogens with zero attached hydrogens (tertiary/aromatic N) is 3. The van der Waals surface area contributed by atoms with Crippen LogP contribution in [0.3, 0.4) is 0 Å². The first-order valence-electron chi connectivity index (χ1n) is 11.1. The highest BCUT2D eigenvalue weighted by molar-refractivity contribution is 5.74. The molecule has 1 unspecified atom stereocenters. The Balaban J connectivity index is 1.69. The monoisotopic (exact) mass is 419 g/mol. The number of aliphatic hydroxyl groups is 2. The van der Waals surface area contributed by atoms with E-state index in [9.17, 15) is 10.2 Å². The van der Waals surface area contributed by atoms with Gasteiger partial charge in [-0.25, -0.2) is 0 Å². The molecular weight excluding hydrogens is 386 g/mol. The average molecular weight is 420 g/mol.